The number of methoxy groups -OCH3 is 1. The van der Waals surface area contributed by atoms with Crippen molar-refractivity contribution in [2.45, 2.75) is 13.3 Å². The zero-order valence-electron chi connectivity index (χ0n) is 9.99. The first-order chi connectivity index (χ1) is 7.63. The van der Waals surface area contributed by atoms with E-state index in [-0.39, 0.29) is 25.0 Å². The van der Waals surface area contributed by atoms with Gasteiger partial charge in [-0.3, -0.25) is 14.5 Å². The Morgan fingerprint density at radius 3 is 2.56 bits per heavy atom. The molecule has 0 aliphatic rings. The van der Waals surface area contributed by atoms with Crippen LogP contribution in [0.25, 0.3) is 0 Å². The fraction of sp³-hybridized carbons (Fsp3) is 0.800. The van der Waals surface area contributed by atoms with Crippen LogP contribution in [-0.2, 0) is 14.3 Å². The van der Waals surface area contributed by atoms with Crippen molar-refractivity contribution in [1.82, 2.24) is 10.2 Å². The molecule has 1 amide bonds. The molecular formula is C10H21N3O3. The number of ether oxygens (including phenoxy) is 1. The highest BCUT2D eigenvalue weighted by molar-refractivity contribution is 5.79. The van der Waals surface area contributed by atoms with Gasteiger partial charge >= 0.3 is 5.97 Å². The number of carbonyl (C=O) groups is 2. The van der Waals surface area contributed by atoms with Crippen LogP contribution in [0.5, 0.6) is 0 Å². The molecule has 3 N–H and O–H groups in total. The molecule has 0 aromatic heterocycles. The van der Waals surface area contributed by atoms with Crippen molar-refractivity contribution < 1.29 is 14.3 Å². The summed E-state index contributed by atoms with van der Waals surface area (Å²) in [5.41, 5.74) is 5.27. The zero-order chi connectivity index (χ0) is 12.4. The van der Waals surface area contributed by atoms with E-state index in [1.807, 2.05) is 6.92 Å². The van der Waals surface area contributed by atoms with Gasteiger partial charge in [-0.05, 0) is 13.0 Å². The number of carbonyl (C=O) groups excluding carboxylic acids is 2. The van der Waals surface area contributed by atoms with Crippen molar-refractivity contribution in [3.8, 4) is 0 Å². The second-order valence-electron chi connectivity index (χ2n) is 3.43. The molecule has 0 saturated carbocycles. The Hall–Kier alpha value is -1.14. The summed E-state index contributed by atoms with van der Waals surface area (Å²) >= 11 is 0. The molecule has 0 aliphatic heterocycles. The van der Waals surface area contributed by atoms with Crippen molar-refractivity contribution in [1.29, 1.82) is 0 Å². The molecule has 0 aromatic rings. The molecule has 0 aliphatic carbocycles. The molecule has 16 heavy (non-hydrogen) atoms. The van der Waals surface area contributed by atoms with Gasteiger partial charge in [-0.1, -0.05) is 6.92 Å². The van der Waals surface area contributed by atoms with Gasteiger partial charge in [0.25, 0.3) is 0 Å². The Labute approximate surface area is 96.1 Å². The lowest BCUT2D eigenvalue weighted by Crippen LogP contribution is -2.41. The van der Waals surface area contributed by atoms with Crippen molar-refractivity contribution in [3.05, 3.63) is 0 Å². The monoisotopic (exact) mass is 231 g/mol. The third kappa shape index (κ3) is 7.19. The number of esters is 1. The molecule has 0 spiro atoms. The summed E-state index contributed by atoms with van der Waals surface area (Å²) < 4.78 is 4.56. The second kappa shape index (κ2) is 9.11. The van der Waals surface area contributed by atoms with E-state index < -0.39 is 0 Å². The highest BCUT2D eigenvalue weighted by Gasteiger charge is 2.13. The zero-order valence-corrected chi connectivity index (χ0v) is 9.99. The van der Waals surface area contributed by atoms with Crippen LogP contribution in [0.2, 0.25) is 0 Å². The maximum absolute atomic E-state index is 11.4. The highest BCUT2D eigenvalue weighted by Crippen LogP contribution is 1.92. The minimum Gasteiger partial charge on any atom is -0.468 e. The first-order valence-corrected chi connectivity index (χ1v) is 5.40. The molecule has 0 aromatic carbocycles. The Morgan fingerprint density at radius 1 is 1.38 bits per heavy atom. The number of amides is 1. The minimum atomic E-state index is -0.333. The summed E-state index contributed by atoms with van der Waals surface area (Å²) in [6, 6.07) is 0. The summed E-state index contributed by atoms with van der Waals surface area (Å²) in [6.45, 7) is 3.88. The first kappa shape index (κ1) is 14.9. The average molecular weight is 231 g/mol. The van der Waals surface area contributed by atoms with Crippen molar-refractivity contribution in [3.63, 3.8) is 0 Å². The van der Waals surface area contributed by atoms with E-state index in [0.29, 0.717) is 19.6 Å². The Balaban J connectivity index is 4.00. The first-order valence-electron chi connectivity index (χ1n) is 5.40. The van der Waals surface area contributed by atoms with Gasteiger partial charge in [0.2, 0.25) is 5.91 Å². The number of nitrogens with zero attached hydrogens (tertiary/aromatic N) is 1. The normalized spacial score (nSPS) is 10.2. The summed E-state index contributed by atoms with van der Waals surface area (Å²) in [4.78, 5) is 24.2. The molecular weight excluding hydrogens is 210 g/mol. The van der Waals surface area contributed by atoms with Crippen LogP contribution in [0, 0.1) is 0 Å². The van der Waals surface area contributed by atoms with Gasteiger partial charge in [-0.2, -0.15) is 0 Å². The van der Waals surface area contributed by atoms with Crippen LogP contribution >= 0.6 is 0 Å². The van der Waals surface area contributed by atoms with E-state index in [4.69, 9.17) is 5.73 Å². The number of nitrogens with two attached hydrogens (primary N) is 1. The van der Waals surface area contributed by atoms with Gasteiger partial charge in [0.05, 0.1) is 20.2 Å². The molecule has 0 rings (SSSR count). The third-order valence-electron chi connectivity index (χ3n) is 1.95. The summed E-state index contributed by atoms with van der Waals surface area (Å²) in [7, 11) is 1.33. The number of hydrogen-bond acceptors (Lipinski definition) is 5. The quantitative estimate of drug-likeness (QED) is 0.520. The number of hydrogen-bond donors (Lipinski definition) is 2. The maximum atomic E-state index is 11.4. The van der Waals surface area contributed by atoms with Crippen LogP contribution in [0.1, 0.15) is 13.3 Å². The van der Waals surface area contributed by atoms with Crippen molar-refractivity contribution in [2.24, 2.45) is 5.73 Å². The lowest BCUT2D eigenvalue weighted by Gasteiger charge is -2.19. The van der Waals surface area contributed by atoms with E-state index in [1.54, 1.807) is 4.90 Å². The van der Waals surface area contributed by atoms with E-state index in [0.717, 1.165) is 6.42 Å². The summed E-state index contributed by atoms with van der Waals surface area (Å²) in [5.74, 6) is -0.456. The molecule has 0 fully saturated rings. The lowest BCUT2D eigenvalue weighted by atomic mass is 10.3. The van der Waals surface area contributed by atoms with Crippen LogP contribution in [-0.4, -0.2) is 56.6 Å². The predicted octanol–water partition coefficient (Wildman–Crippen LogP) is -1.05. The number of nitrogens with one attached hydrogen (secondary N) is 1. The molecule has 94 valence electrons. The molecule has 0 heterocycles. The molecule has 6 nitrogen and oxygen atoms in total. The average Bonchev–Trinajstić information content (AvgIpc) is 2.26. The van der Waals surface area contributed by atoms with E-state index in [9.17, 15) is 9.59 Å². The fourth-order valence-corrected chi connectivity index (χ4v) is 1.25. The Morgan fingerprint density at radius 2 is 2.06 bits per heavy atom. The van der Waals surface area contributed by atoms with Crippen LogP contribution in [0.3, 0.4) is 0 Å². The standard InChI is InChI=1S/C10H21N3O3/c1-3-6-13(8-10(15)16-2)7-9(14)12-5-4-11/h3-8,11H2,1-2H3,(H,12,14). The van der Waals surface area contributed by atoms with Crippen LogP contribution in [0.4, 0.5) is 0 Å². The second-order valence-corrected chi connectivity index (χ2v) is 3.43. The SMILES string of the molecule is CCCN(CC(=O)NCCN)CC(=O)OC. The van der Waals surface area contributed by atoms with Crippen LogP contribution in [0.15, 0.2) is 0 Å². The van der Waals surface area contributed by atoms with Crippen molar-refractivity contribution >= 4 is 11.9 Å². The summed E-state index contributed by atoms with van der Waals surface area (Å²) in [5, 5.41) is 2.65. The van der Waals surface area contributed by atoms with E-state index in [2.05, 4.69) is 10.1 Å². The topological polar surface area (TPSA) is 84.7 Å². The largest absolute Gasteiger partial charge is 0.468 e. The Kier molecular flexibility index (Phi) is 8.46. The van der Waals surface area contributed by atoms with E-state index in [1.165, 1.54) is 7.11 Å². The van der Waals surface area contributed by atoms with Gasteiger partial charge in [-0.15, -0.1) is 0 Å². The molecule has 0 atom stereocenters. The molecule has 0 saturated heterocycles. The predicted molar refractivity (Wildman–Crippen MR) is 60.8 cm³/mol. The third-order valence-corrected chi connectivity index (χ3v) is 1.95. The molecule has 0 unspecified atom stereocenters. The number of rotatable bonds is 8. The fourth-order valence-electron chi connectivity index (χ4n) is 1.25. The Bertz CT molecular complexity index is 221. The van der Waals surface area contributed by atoms with Gasteiger partial charge in [0.1, 0.15) is 0 Å². The molecule has 0 bridgehead atoms. The highest BCUT2D eigenvalue weighted by atomic mass is 16.5. The smallest absolute Gasteiger partial charge is 0.319 e. The summed E-state index contributed by atoms with van der Waals surface area (Å²) in [6.07, 6.45) is 0.876. The minimum absolute atomic E-state index is 0.122. The lowest BCUT2D eigenvalue weighted by molar-refractivity contribution is -0.142. The van der Waals surface area contributed by atoms with Crippen molar-refractivity contribution in [2.75, 3.05) is 39.8 Å². The molecule has 0 radical (unpaired) electrons. The molecule has 6 heteroatoms. The van der Waals surface area contributed by atoms with Gasteiger partial charge < -0.3 is 15.8 Å². The maximum Gasteiger partial charge on any atom is 0.319 e. The van der Waals surface area contributed by atoms with E-state index >= 15 is 0 Å². The van der Waals surface area contributed by atoms with Crippen LogP contribution < -0.4 is 11.1 Å². The van der Waals surface area contributed by atoms with Gasteiger partial charge in [0.15, 0.2) is 0 Å². The van der Waals surface area contributed by atoms with Gasteiger partial charge in [-0.25, -0.2) is 0 Å². The van der Waals surface area contributed by atoms with Gasteiger partial charge in [0, 0.05) is 13.1 Å².